The van der Waals surface area contributed by atoms with Gasteiger partial charge in [0.2, 0.25) is 0 Å². The maximum atomic E-state index is 13.1. The Labute approximate surface area is 190 Å². The summed E-state index contributed by atoms with van der Waals surface area (Å²) in [4.78, 5) is 28.0. The van der Waals surface area contributed by atoms with Crippen molar-refractivity contribution in [3.63, 3.8) is 0 Å². The number of thioether (sulfide) groups is 1. The molecule has 4 rings (SSSR count). The fourth-order valence-electron chi connectivity index (χ4n) is 2.83. The summed E-state index contributed by atoms with van der Waals surface area (Å²) in [6.07, 6.45) is 1.64. The summed E-state index contributed by atoms with van der Waals surface area (Å²) in [5.74, 6) is -0.0891. The van der Waals surface area contributed by atoms with Crippen LogP contribution >= 0.6 is 23.1 Å². The number of ether oxygens (including phenoxy) is 1. The monoisotopic (exact) mass is 466 g/mol. The van der Waals surface area contributed by atoms with E-state index in [0.29, 0.717) is 45.1 Å². The maximum Gasteiger partial charge on any atom is 0.290 e. The van der Waals surface area contributed by atoms with Crippen LogP contribution in [0.25, 0.3) is 17.3 Å². The van der Waals surface area contributed by atoms with Crippen molar-refractivity contribution < 1.29 is 18.7 Å². The van der Waals surface area contributed by atoms with Crippen LogP contribution in [-0.4, -0.2) is 29.3 Å². The number of rotatable bonds is 7. The number of nitriles is 1. The molecule has 2 aromatic carbocycles. The number of anilines is 1. The van der Waals surface area contributed by atoms with Gasteiger partial charge in [-0.1, -0.05) is 23.5 Å². The Bertz CT molecular complexity index is 1230. The first kappa shape index (κ1) is 21.5. The molecule has 1 aromatic heterocycles. The van der Waals surface area contributed by atoms with Crippen LogP contribution in [0.2, 0.25) is 0 Å². The minimum absolute atomic E-state index is 0.347. The Kier molecular flexibility index (Phi) is 6.49. The standard InChI is InChI=1S/C22H15FN4O3S2/c23-15-5-3-14(4-6-15)19-18(12-24)31-21(26-19)25-9-10-30-16-7-1-13(2-8-16)11-17-20(28)27-22(29)32-17/h1-8,11H,9-10H2,(H,25,26)(H,27,28,29)/b17-11+. The summed E-state index contributed by atoms with van der Waals surface area (Å²) in [6.45, 7) is 0.826. The molecule has 0 atom stereocenters. The molecule has 3 aromatic rings. The summed E-state index contributed by atoms with van der Waals surface area (Å²) < 4.78 is 18.8. The second-order valence-electron chi connectivity index (χ2n) is 6.51. The Morgan fingerprint density at radius 2 is 1.91 bits per heavy atom. The van der Waals surface area contributed by atoms with E-state index in [0.717, 1.165) is 17.3 Å². The van der Waals surface area contributed by atoms with E-state index in [-0.39, 0.29) is 11.1 Å². The highest BCUT2D eigenvalue weighted by molar-refractivity contribution is 8.18. The lowest BCUT2D eigenvalue weighted by Gasteiger charge is -2.07. The van der Waals surface area contributed by atoms with Gasteiger partial charge in [-0.3, -0.25) is 14.9 Å². The van der Waals surface area contributed by atoms with E-state index >= 15 is 0 Å². The van der Waals surface area contributed by atoms with Gasteiger partial charge >= 0.3 is 0 Å². The fourth-order valence-corrected chi connectivity index (χ4v) is 4.33. The summed E-state index contributed by atoms with van der Waals surface area (Å²) in [7, 11) is 0. The summed E-state index contributed by atoms with van der Waals surface area (Å²) in [6, 6.07) is 15.1. The van der Waals surface area contributed by atoms with Crippen LogP contribution in [0.15, 0.2) is 53.4 Å². The Morgan fingerprint density at radius 3 is 2.56 bits per heavy atom. The van der Waals surface area contributed by atoms with E-state index in [1.807, 2.05) is 0 Å². The largest absolute Gasteiger partial charge is 0.492 e. The van der Waals surface area contributed by atoms with Gasteiger partial charge in [0, 0.05) is 5.56 Å². The molecule has 2 amide bonds. The Hall–Kier alpha value is -3.68. The Balaban J connectivity index is 1.30. The predicted molar refractivity (Wildman–Crippen MR) is 122 cm³/mol. The highest BCUT2D eigenvalue weighted by Crippen LogP contribution is 2.30. The fraction of sp³-hybridized carbons (Fsp3) is 0.0909. The normalized spacial score (nSPS) is 14.3. The summed E-state index contributed by atoms with van der Waals surface area (Å²) in [5.41, 5.74) is 1.97. The van der Waals surface area contributed by atoms with Crippen molar-refractivity contribution in [2.24, 2.45) is 0 Å². The molecule has 0 saturated carbocycles. The van der Waals surface area contributed by atoms with Crippen molar-refractivity contribution in [3.05, 3.63) is 69.7 Å². The van der Waals surface area contributed by atoms with Gasteiger partial charge in [-0.05, 0) is 59.8 Å². The van der Waals surface area contributed by atoms with Crippen LogP contribution in [0, 0.1) is 17.1 Å². The third-order valence-electron chi connectivity index (χ3n) is 4.31. The topological polar surface area (TPSA) is 104 Å². The van der Waals surface area contributed by atoms with Gasteiger partial charge in [-0.15, -0.1) is 0 Å². The zero-order chi connectivity index (χ0) is 22.5. The number of benzene rings is 2. The van der Waals surface area contributed by atoms with Gasteiger partial charge in [-0.25, -0.2) is 9.37 Å². The lowest BCUT2D eigenvalue weighted by atomic mass is 10.1. The number of imide groups is 1. The third kappa shape index (κ3) is 5.14. The van der Waals surface area contributed by atoms with Crippen molar-refractivity contribution in [1.82, 2.24) is 10.3 Å². The smallest absolute Gasteiger partial charge is 0.290 e. The van der Waals surface area contributed by atoms with Crippen molar-refractivity contribution >= 4 is 45.5 Å². The number of halogens is 1. The number of carbonyl (C=O) groups excluding carboxylic acids is 2. The molecule has 2 heterocycles. The van der Waals surface area contributed by atoms with Crippen LogP contribution in [0.3, 0.4) is 0 Å². The van der Waals surface area contributed by atoms with E-state index in [9.17, 15) is 19.2 Å². The van der Waals surface area contributed by atoms with Crippen LogP contribution in [-0.2, 0) is 4.79 Å². The van der Waals surface area contributed by atoms with Crippen molar-refractivity contribution in [2.75, 3.05) is 18.5 Å². The number of aromatic nitrogens is 1. The number of nitrogens with one attached hydrogen (secondary N) is 2. The average molecular weight is 467 g/mol. The van der Waals surface area contributed by atoms with Crippen LogP contribution < -0.4 is 15.4 Å². The average Bonchev–Trinajstić information content (AvgIpc) is 3.35. The number of nitrogens with zero attached hydrogens (tertiary/aromatic N) is 2. The van der Waals surface area contributed by atoms with E-state index in [1.54, 1.807) is 42.5 Å². The Morgan fingerprint density at radius 1 is 1.16 bits per heavy atom. The first-order chi connectivity index (χ1) is 15.5. The van der Waals surface area contributed by atoms with Crippen LogP contribution in [0.1, 0.15) is 10.4 Å². The molecule has 1 aliphatic heterocycles. The molecule has 0 spiro atoms. The second-order valence-corrected chi connectivity index (χ2v) is 8.53. The van der Waals surface area contributed by atoms with Crippen molar-refractivity contribution in [3.8, 4) is 23.1 Å². The third-order valence-corrected chi connectivity index (χ3v) is 6.04. The molecule has 10 heteroatoms. The molecular weight excluding hydrogens is 451 g/mol. The molecule has 0 radical (unpaired) electrons. The number of amides is 2. The molecule has 160 valence electrons. The highest BCUT2D eigenvalue weighted by Gasteiger charge is 2.24. The van der Waals surface area contributed by atoms with E-state index in [1.165, 1.54) is 23.5 Å². The quantitative estimate of drug-likeness (QED) is 0.386. The molecule has 1 saturated heterocycles. The van der Waals surface area contributed by atoms with Crippen molar-refractivity contribution in [1.29, 1.82) is 5.26 Å². The molecular formula is C22H15FN4O3S2. The molecule has 1 aliphatic rings. The first-order valence-corrected chi connectivity index (χ1v) is 11.0. The minimum Gasteiger partial charge on any atom is -0.492 e. The van der Waals surface area contributed by atoms with Crippen LogP contribution in [0.4, 0.5) is 14.3 Å². The maximum absolute atomic E-state index is 13.1. The molecule has 0 bridgehead atoms. The van der Waals surface area contributed by atoms with E-state index in [4.69, 9.17) is 4.74 Å². The van der Waals surface area contributed by atoms with Gasteiger partial charge in [0.05, 0.1) is 11.4 Å². The van der Waals surface area contributed by atoms with E-state index in [2.05, 4.69) is 21.7 Å². The number of thiazole rings is 1. The highest BCUT2D eigenvalue weighted by atomic mass is 32.2. The van der Waals surface area contributed by atoms with Crippen molar-refractivity contribution in [2.45, 2.75) is 0 Å². The molecule has 0 aliphatic carbocycles. The molecule has 2 N–H and O–H groups in total. The van der Waals surface area contributed by atoms with Crippen LogP contribution in [0.5, 0.6) is 5.75 Å². The number of hydrogen-bond acceptors (Lipinski definition) is 8. The molecule has 1 fully saturated rings. The number of carbonyl (C=O) groups is 2. The van der Waals surface area contributed by atoms with Gasteiger partial charge in [-0.2, -0.15) is 5.26 Å². The van der Waals surface area contributed by atoms with E-state index < -0.39 is 5.91 Å². The van der Waals surface area contributed by atoms with Gasteiger partial charge in [0.15, 0.2) is 5.13 Å². The van der Waals surface area contributed by atoms with Gasteiger partial charge < -0.3 is 10.1 Å². The first-order valence-electron chi connectivity index (χ1n) is 9.40. The zero-order valence-corrected chi connectivity index (χ0v) is 18.1. The minimum atomic E-state index is -0.393. The zero-order valence-electron chi connectivity index (χ0n) is 16.4. The predicted octanol–water partition coefficient (Wildman–Crippen LogP) is 4.64. The summed E-state index contributed by atoms with van der Waals surface area (Å²) >= 11 is 2.10. The SMILES string of the molecule is N#Cc1sc(NCCOc2ccc(/C=C3/SC(=O)NC3=O)cc2)nc1-c1ccc(F)cc1. The van der Waals surface area contributed by atoms with Gasteiger partial charge in [0.1, 0.15) is 34.8 Å². The number of hydrogen-bond donors (Lipinski definition) is 2. The molecule has 32 heavy (non-hydrogen) atoms. The van der Waals surface area contributed by atoms with Gasteiger partial charge in [0.25, 0.3) is 11.1 Å². The second kappa shape index (κ2) is 9.64. The lowest BCUT2D eigenvalue weighted by molar-refractivity contribution is -0.115. The molecule has 7 nitrogen and oxygen atoms in total. The lowest BCUT2D eigenvalue weighted by Crippen LogP contribution is -2.17. The summed E-state index contributed by atoms with van der Waals surface area (Å²) in [5, 5.41) is 14.9. The molecule has 0 unspecified atom stereocenters.